The number of aromatic amines is 1. The van der Waals surface area contributed by atoms with Crippen molar-refractivity contribution in [2.75, 3.05) is 0 Å². The van der Waals surface area contributed by atoms with E-state index in [1.165, 1.54) is 6.08 Å². The Morgan fingerprint density at radius 2 is 1.70 bits per heavy atom. The average Bonchev–Trinajstić information content (AvgIpc) is 2.76. The van der Waals surface area contributed by atoms with Gasteiger partial charge in [0.2, 0.25) is 0 Å². The topological polar surface area (TPSA) is 55.0 Å². The zero-order valence-electron chi connectivity index (χ0n) is 16.8. The van der Waals surface area contributed by atoms with Crippen LogP contribution in [0.1, 0.15) is 22.5 Å². The van der Waals surface area contributed by atoms with Crippen molar-refractivity contribution in [1.82, 2.24) is 9.97 Å². The summed E-state index contributed by atoms with van der Waals surface area (Å²) in [5.74, 6) is 0.483. The second-order valence-electron chi connectivity index (χ2n) is 7.12. The highest BCUT2D eigenvalue weighted by Gasteiger charge is 2.32. The van der Waals surface area contributed by atoms with Crippen LogP contribution < -0.4 is 10.4 Å². The van der Waals surface area contributed by atoms with E-state index in [0.29, 0.717) is 21.4 Å². The summed E-state index contributed by atoms with van der Waals surface area (Å²) in [6, 6.07) is 17.1. The highest BCUT2D eigenvalue weighted by atomic mass is 35.5. The van der Waals surface area contributed by atoms with E-state index in [4.69, 9.17) is 27.9 Å². The Morgan fingerprint density at radius 1 is 0.970 bits per heavy atom. The summed E-state index contributed by atoms with van der Waals surface area (Å²) < 4.78 is 45.0. The molecule has 0 aliphatic heterocycles. The molecule has 0 fully saturated rings. The van der Waals surface area contributed by atoms with Crippen molar-refractivity contribution in [3.05, 3.63) is 104 Å². The van der Waals surface area contributed by atoms with E-state index in [1.807, 2.05) is 36.4 Å². The number of aromatic nitrogens is 2. The van der Waals surface area contributed by atoms with Crippen molar-refractivity contribution in [1.29, 1.82) is 0 Å². The zero-order valence-corrected chi connectivity index (χ0v) is 18.3. The highest BCUT2D eigenvalue weighted by Crippen LogP contribution is 2.31. The molecule has 0 saturated carbocycles. The van der Waals surface area contributed by atoms with Gasteiger partial charge in [-0.15, -0.1) is 0 Å². The quantitative estimate of drug-likeness (QED) is 0.327. The molecule has 1 aromatic heterocycles. The standard InChI is InChI=1S/C24H15Cl2F3N2O2/c25-18-7-5-17(20(26)11-18)13-33-21-10-15-4-2-1-3-14(15)9-16(21)6-8-19-12-22(24(27,28)29)31-23(32)30-19/h1-12H,13H2,(H,30,31,32)/b8-6+. The lowest BCUT2D eigenvalue weighted by Gasteiger charge is -2.12. The average molecular weight is 491 g/mol. The zero-order chi connectivity index (χ0) is 23.6. The predicted octanol–water partition coefficient (Wildman–Crippen LogP) is 7.00. The molecule has 1 N–H and O–H groups in total. The number of fused-ring (bicyclic) bond motifs is 1. The molecule has 0 unspecified atom stereocenters. The molecule has 4 aromatic rings. The molecule has 168 valence electrons. The van der Waals surface area contributed by atoms with Crippen LogP contribution in [0.5, 0.6) is 5.75 Å². The number of nitrogens with one attached hydrogen (secondary N) is 1. The van der Waals surface area contributed by atoms with Crippen molar-refractivity contribution in [2.24, 2.45) is 0 Å². The maximum absolute atomic E-state index is 13.0. The molecule has 0 spiro atoms. The molecular weight excluding hydrogens is 476 g/mol. The third-order valence-corrected chi connectivity index (χ3v) is 5.37. The Labute approximate surface area is 196 Å². The molecule has 3 aromatic carbocycles. The van der Waals surface area contributed by atoms with Gasteiger partial charge >= 0.3 is 11.9 Å². The summed E-state index contributed by atoms with van der Waals surface area (Å²) >= 11 is 12.2. The number of H-pyrrole nitrogens is 1. The molecule has 0 aliphatic rings. The lowest BCUT2D eigenvalue weighted by Crippen LogP contribution is -2.19. The van der Waals surface area contributed by atoms with E-state index in [-0.39, 0.29) is 12.3 Å². The maximum Gasteiger partial charge on any atom is 0.431 e. The number of alkyl halides is 3. The third-order valence-electron chi connectivity index (χ3n) is 4.78. The number of hydrogen-bond donors (Lipinski definition) is 1. The van der Waals surface area contributed by atoms with Gasteiger partial charge in [-0.25, -0.2) is 4.79 Å². The van der Waals surface area contributed by atoms with Crippen LogP contribution in [-0.4, -0.2) is 9.97 Å². The first kappa shape index (κ1) is 22.9. The van der Waals surface area contributed by atoms with E-state index in [9.17, 15) is 18.0 Å². The SMILES string of the molecule is O=c1nc(/C=C/c2cc3ccccc3cc2OCc2ccc(Cl)cc2Cl)cc(C(F)(F)F)[nH]1. The van der Waals surface area contributed by atoms with Crippen molar-refractivity contribution in [3.8, 4) is 5.75 Å². The largest absolute Gasteiger partial charge is 0.488 e. The van der Waals surface area contributed by atoms with Gasteiger partial charge in [0.05, 0.1) is 5.69 Å². The van der Waals surface area contributed by atoms with Crippen molar-refractivity contribution in [2.45, 2.75) is 12.8 Å². The fraction of sp³-hybridized carbons (Fsp3) is 0.0833. The predicted molar refractivity (Wildman–Crippen MR) is 124 cm³/mol. The van der Waals surface area contributed by atoms with Gasteiger partial charge in [0.15, 0.2) is 0 Å². The molecule has 0 atom stereocenters. The summed E-state index contributed by atoms with van der Waals surface area (Å²) in [5, 5.41) is 2.78. The molecule has 0 radical (unpaired) electrons. The molecule has 0 saturated heterocycles. The highest BCUT2D eigenvalue weighted by molar-refractivity contribution is 6.35. The lowest BCUT2D eigenvalue weighted by atomic mass is 10.0. The number of rotatable bonds is 5. The Bertz CT molecular complexity index is 1420. The van der Waals surface area contributed by atoms with Gasteiger partial charge in [0, 0.05) is 21.2 Å². The van der Waals surface area contributed by atoms with Crippen molar-refractivity contribution >= 4 is 46.1 Å². The first-order valence-corrected chi connectivity index (χ1v) is 10.4. The van der Waals surface area contributed by atoms with Crippen LogP contribution in [0.4, 0.5) is 13.2 Å². The number of ether oxygens (including phenoxy) is 1. The fourth-order valence-corrected chi connectivity index (χ4v) is 3.64. The second-order valence-corrected chi connectivity index (χ2v) is 7.96. The van der Waals surface area contributed by atoms with Gasteiger partial charge in [-0.1, -0.05) is 53.5 Å². The number of halogens is 5. The molecular formula is C24H15Cl2F3N2O2. The summed E-state index contributed by atoms with van der Waals surface area (Å²) in [4.78, 5) is 16.9. The van der Waals surface area contributed by atoms with E-state index in [0.717, 1.165) is 22.4 Å². The summed E-state index contributed by atoms with van der Waals surface area (Å²) in [6.07, 6.45) is -1.82. The van der Waals surface area contributed by atoms with E-state index < -0.39 is 17.6 Å². The first-order chi connectivity index (χ1) is 15.7. The minimum Gasteiger partial charge on any atom is -0.488 e. The molecule has 9 heteroatoms. The third kappa shape index (κ3) is 5.56. The summed E-state index contributed by atoms with van der Waals surface area (Å²) in [6.45, 7) is 0.149. The van der Waals surface area contributed by atoms with Gasteiger partial charge in [0.1, 0.15) is 18.1 Å². The molecule has 0 amide bonds. The van der Waals surface area contributed by atoms with Crippen LogP contribution >= 0.6 is 23.2 Å². The summed E-state index contributed by atoms with van der Waals surface area (Å²) in [7, 11) is 0. The Kier molecular flexibility index (Phi) is 6.44. The van der Waals surface area contributed by atoms with Crippen LogP contribution in [0.3, 0.4) is 0 Å². The minimum absolute atomic E-state index is 0.133. The number of nitrogens with zero attached hydrogens (tertiary/aromatic N) is 1. The smallest absolute Gasteiger partial charge is 0.431 e. The van der Waals surface area contributed by atoms with Crippen molar-refractivity contribution in [3.63, 3.8) is 0 Å². The van der Waals surface area contributed by atoms with Crippen LogP contribution in [-0.2, 0) is 12.8 Å². The van der Waals surface area contributed by atoms with E-state index in [1.54, 1.807) is 29.3 Å². The van der Waals surface area contributed by atoms with Crippen LogP contribution in [0.25, 0.3) is 22.9 Å². The molecule has 1 heterocycles. The van der Waals surface area contributed by atoms with E-state index >= 15 is 0 Å². The van der Waals surface area contributed by atoms with E-state index in [2.05, 4.69) is 4.98 Å². The van der Waals surface area contributed by atoms with Crippen molar-refractivity contribution < 1.29 is 17.9 Å². The normalized spacial score (nSPS) is 11.9. The van der Waals surface area contributed by atoms with Gasteiger partial charge in [-0.2, -0.15) is 18.2 Å². The molecule has 4 rings (SSSR count). The number of benzene rings is 3. The van der Waals surface area contributed by atoms with Gasteiger partial charge < -0.3 is 9.72 Å². The summed E-state index contributed by atoms with van der Waals surface area (Å²) in [5.41, 5.74) is -1.08. The van der Waals surface area contributed by atoms with Crippen LogP contribution in [0.2, 0.25) is 10.0 Å². The minimum atomic E-state index is -4.69. The van der Waals surface area contributed by atoms with Crippen LogP contribution in [0.15, 0.2) is 65.5 Å². The maximum atomic E-state index is 13.0. The lowest BCUT2D eigenvalue weighted by molar-refractivity contribution is -0.141. The van der Waals surface area contributed by atoms with Crippen LogP contribution in [0, 0.1) is 0 Å². The Morgan fingerprint density at radius 3 is 2.39 bits per heavy atom. The fourth-order valence-electron chi connectivity index (χ4n) is 3.18. The molecule has 33 heavy (non-hydrogen) atoms. The van der Waals surface area contributed by atoms with Gasteiger partial charge in [0.25, 0.3) is 0 Å². The van der Waals surface area contributed by atoms with Gasteiger partial charge in [-0.3, -0.25) is 0 Å². The molecule has 4 nitrogen and oxygen atoms in total. The second kappa shape index (κ2) is 9.29. The number of hydrogen-bond acceptors (Lipinski definition) is 3. The Balaban J connectivity index is 1.70. The Hall–Kier alpha value is -3.29. The first-order valence-electron chi connectivity index (χ1n) is 9.65. The van der Waals surface area contributed by atoms with Gasteiger partial charge in [-0.05, 0) is 53.3 Å². The molecule has 0 aliphatic carbocycles. The molecule has 0 bridgehead atoms. The monoisotopic (exact) mass is 490 g/mol.